The van der Waals surface area contributed by atoms with Gasteiger partial charge in [0.25, 0.3) is 5.91 Å². The highest BCUT2D eigenvalue weighted by atomic mass is 32.2. The van der Waals surface area contributed by atoms with Crippen molar-refractivity contribution in [3.8, 4) is 0 Å². The molecule has 2 amide bonds. The molecule has 3 aromatic carbocycles. The zero-order valence-corrected chi connectivity index (χ0v) is 22.0. The number of hydrogen-bond acceptors (Lipinski definition) is 5. The van der Waals surface area contributed by atoms with Crippen molar-refractivity contribution in [1.82, 2.24) is 10.2 Å². The Kier molecular flexibility index (Phi) is 9.01. The van der Waals surface area contributed by atoms with Crippen LogP contribution in [0, 0.1) is 6.92 Å². The summed E-state index contributed by atoms with van der Waals surface area (Å²) in [6, 6.07) is 24.0. The third-order valence-corrected chi connectivity index (χ3v) is 7.48. The number of thioether (sulfide) groups is 1. The Hall–Kier alpha value is -3.58. The molecule has 0 aromatic heterocycles. The second-order valence-electron chi connectivity index (χ2n) is 9.09. The molecule has 0 saturated carbocycles. The van der Waals surface area contributed by atoms with Crippen LogP contribution in [-0.4, -0.2) is 41.1 Å². The van der Waals surface area contributed by atoms with Gasteiger partial charge in [-0.15, -0.1) is 0 Å². The molecule has 0 spiro atoms. The molecule has 1 heterocycles. The van der Waals surface area contributed by atoms with Crippen LogP contribution >= 0.6 is 11.8 Å². The van der Waals surface area contributed by atoms with Crippen molar-refractivity contribution in [2.45, 2.75) is 44.6 Å². The Morgan fingerprint density at radius 1 is 1.00 bits per heavy atom. The fourth-order valence-electron chi connectivity index (χ4n) is 4.40. The molecule has 1 aliphatic heterocycles. The predicted molar refractivity (Wildman–Crippen MR) is 146 cm³/mol. The van der Waals surface area contributed by atoms with Gasteiger partial charge in [-0.1, -0.05) is 78.4 Å². The van der Waals surface area contributed by atoms with Crippen LogP contribution in [0.25, 0.3) is 0 Å². The number of fused-ring (bicyclic) bond motifs is 1. The molecule has 3 aromatic rings. The van der Waals surface area contributed by atoms with E-state index in [1.54, 1.807) is 29.7 Å². The maximum atomic E-state index is 13.8. The lowest BCUT2D eigenvalue weighted by Crippen LogP contribution is -2.49. The van der Waals surface area contributed by atoms with Crippen LogP contribution in [0.1, 0.15) is 52.0 Å². The average Bonchev–Trinajstić information content (AvgIpc) is 3.23. The van der Waals surface area contributed by atoms with Crippen molar-refractivity contribution < 1.29 is 19.1 Å². The Labute approximate surface area is 222 Å². The van der Waals surface area contributed by atoms with Crippen LogP contribution in [0.5, 0.6) is 0 Å². The lowest BCUT2D eigenvalue weighted by Gasteiger charge is -2.29. The van der Waals surface area contributed by atoms with Crippen molar-refractivity contribution in [2.75, 3.05) is 12.4 Å². The van der Waals surface area contributed by atoms with Gasteiger partial charge in [-0.25, -0.2) is 0 Å². The highest BCUT2D eigenvalue weighted by molar-refractivity contribution is 7.98. The maximum absolute atomic E-state index is 13.8. The molecule has 0 aliphatic carbocycles. The van der Waals surface area contributed by atoms with Gasteiger partial charge < -0.3 is 15.0 Å². The number of carbonyl (C=O) groups excluding carboxylic acids is 3. The number of amides is 2. The summed E-state index contributed by atoms with van der Waals surface area (Å²) < 4.78 is 5.17. The van der Waals surface area contributed by atoms with Gasteiger partial charge in [0.15, 0.2) is 0 Å². The molecule has 2 atom stereocenters. The molecule has 7 heteroatoms. The number of rotatable bonds is 11. The van der Waals surface area contributed by atoms with Crippen molar-refractivity contribution in [1.29, 1.82) is 0 Å². The van der Waals surface area contributed by atoms with E-state index in [9.17, 15) is 14.4 Å². The first-order valence-corrected chi connectivity index (χ1v) is 13.6. The first-order valence-electron chi connectivity index (χ1n) is 12.5. The zero-order valence-electron chi connectivity index (χ0n) is 21.2. The Morgan fingerprint density at radius 3 is 2.41 bits per heavy atom. The molecular formula is C30H32N2O4S. The number of aryl methyl sites for hydroxylation is 1. The summed E-state index contributed by atoms with van der Waals surface area (Å²) in [4.78, 5) is 41.1. The lowest BCUT2D eigenvalue weighted by molar-refractivity contribution is -0.144. The molecule has 0 unspecified atom stereocenters. The molecule has 4 rings (SSSR count). The minimum absolute atomic E-state index is 0.0146. The maximum Gasteiger partial charge on any atom is 0.308 e. The number of esters is 1. The van der Waals surface area contributed by atoms with E-state index in [1.165, 1.54) is 0 Å². The van der Waals surface area contributed by atoms with Crippen LogP contribution < -0.4 is 5.32 Å². The van der Waals surface area contributed by atoms with Gasteiger partial charge in [-0.05, 0) is 36.6 Å². The number of nitrogens with one attached hydrogen (secondary N) is 1. The second-order valence-corrected chi connectivity index (χ2v) is 10.1. The van der Waals surface area contributed by atoms with Crippen molar-refractivity contribution in [3.63, 3.8) is 0 Å². The summed E-state index contributed by atoms with van der Waals surface area (Å²) in [7, 11) is 0. The molecular weight excluding hydrogens is 484 g/mol. The van der Waals surface area contributed by atoms with Crippen LogP contribution in [0.15, 0.2) is 78.9 Å². The van der Waals surface area contributed by atoms with E-state index in [-0.39, 0.29) is 30.8 Å². The van der Waals surface area contributed by atoms with Gasteiger partial charge in [-0.2, -0.15) is 11.8 Å². The van der Waals surface area contributed by atoms with Gasteiger partial charge in [0.05, 0.1) is 19.1 Å². The monoisotopic (exact) mass is 516 g/mol. The lowest BCUT2D eigenvalue weighted by atomic mass is 10.0. The third-order valence-electron chi connectivity index (χ3n) is 6.39. The second kappa shape index (κ2) is 12.6. The molecule has 0 bridgehead atoms. The Balaban J connectivity index is 1.55. The number of nitrogens with zero attached hydrogens (tertiary/aromatic N) is 1. The highest BCUT2D eigenvalue weighted by Gasteiger charge is 2.37. The summed E-state index contributed by atoms with van der Waals surface area (Å²) in [5.41, 5.74) is 4.61. The van der Waals surface area contributed by atoms with Gasteiger partial charge in [0.1, 0.15) is 6.04 Å². The van der Waals surface area contributed by atoms with Crippen LogP contribution in [-0.2, 0) is 26.6 Å². The van der Waals surface area contributed by atoms with Gasteiger partial charge in [0, 0.05) is 23.6 Å². The van der Waals surface area contributed by atoms with Gasteiger partial charge in [-0.3, -0.25) is 14.4 Å². The fraction of sp³-hybridized carbons (Fsp3) is 0.300. The minimum atomic E-state index is -0.691. The smallest absolute Gasteiger partial charge is 0.308 e. The average molecular weight is 517 g/mol. The third kappa shape index (κ3) is 6.80. The van der Waals surface area contributed by atoms with Crippen molar-refractivity contribution in [3.05, 3.63) is 107 Å². The molecule has 0 saturated heterocycles. The predicted octanol–water partition coefficient (Wildman–Crippen LogP) is 5.06. The van der Waals surface area contributed by atoms with E-state index >= 15 is 0 Å². The minimum Gasteiger partial charge on any atom is -0.466 e. The molecule has 1 N–H and O–H groups in total. The summed E-state index contributed by atoms with van der Waals surface area (Å²) in [5.74, 6) is 0.350. The van der Waals surface area contributed by atoms with E-state index < -0.39 is 12.1 Å². The van der Waals surface area contributed by atoms with Crippen LogP contribution in [0.4, 0.5) is 0 Å². The molecule has 192 valence electrons. The van der Waals surface area contributed by atoms with Gasteiger partial charge >= 0.3 is 5.97 Å². The molecule has 6 nitrogen and oxygen atoms in total. The first-order chi connectivity index (χ1) is 18.0. The SMILES string of the molecule is CCOC(=O)C[C@H](NC(=O)[C@H](CSCc1ccccc1)N1Cc2ccccc2C1=O)c1ccc(C)cc1. The standard InChI is InChI=1S/C30H32N2O4S/c1-3-36-28(33)17-26(23-15-13-21(2)14-16-23)31-29(34)27(20-37-19-22-9-5-4-6-10-22)32-18-24-11-7-8-12-25(24)30(32)35/h4-16,26-27H,3,17-20H2,1-2H3,(H,31,34)/t26-,27-/m0/s1. The van der Waals surface area contributed by atoms with E-state index in [0.29, 0.717) is 17.9 Å². The van der Waals surface area contributed by atoms with E-state index in [4.69, 9.17) is 4.74 Å². The molecule has 37 heavy (non-hydrogen) atoms. The van der Waals surface area contributed by atoms with E-state index in [2.05, 4.69) is 5.32 Å². The zero-order chi connectivity index (χ0) is 26.2. The fourth-order valence-corrected chi connectivity index (χ4v) is 5.50. The number of carbonyl (C=O) groups is 3. The number of benzene rings is 3. The van der Waals surface area contributed by atoms with Crippen LogP contribution in [0.3, 0.4) is 0 Å². The van der Waals surface area contributed by atoms with E-state index in [1.807, 2.05) is 79.7 Å². The Morgan fingerprint density at radius 2 is 1.70 bits per heavy atom. The normalized spacial score (nSPS) is 14.1. The summed E-state index contributed by atoms with van der Waals surface area (Å²) in [6.07, 6.45) is 0.0146. The van der Waals surface area contributed by atoms with Crippen molar-refractivity contribution in [2.24, 2.45) is 0 Å². The first kappa shape index (κ1) is 26.5. The highest BCUT2D eigenvalue weighted by Crippen LogP contribution is 2.28. The largest absolute Gasteiger partial charge is 0.466 e. The summed E-state index contributed by atoms with van der Waals surface area (Å²) >= 11 is 1.61. The van der Waals surface area contributed by atoms with E-state index in [0.717, 1.165) is 28.0 Å². The summed E-state index contributed by atoms with van der Waals surface area (Å²) in [6.45, 7) is 4.39. The number of ether oxygens (including phenoxy) is 1. The van der Waals surface area contributed by atoms with Crippen molar-refractivity contribution >= 4 is 29.5 Å². The molecule has 0 fully saturated rings. The quantitative estimate of drug-likeness (QED) is 0.361. The molecule has 0 radical (unpaired) electrons. The Bertz CT molecular complexity index is 1230. The van der Waals surface area contributed by atoms with Gasteiger partial charge in [0.2, 0.25) is 5.91 Å². The molecule has 1 aliphatic rings. The van der Waals surface area contributed by atoms with Crippen LogP contribution in [0.2, 0.25) is 0 Å². The topological polar surface area (TPSA) is 75.7 Å². The summed E-state index contributed by atoms with van der Waals surface area (Å²) in [5, 5.41) is 3.07. The number of hydrogen-bond donors (Lipinski definition) is 1.